The molecule has 2 fully saturated rings. The molecule has 0 bridgehead atoms. The molecule has 1 amide bonds. The number of aliphatic hydroxyl groups is 1. The third kappa shape index (κ3) is 8.39. The maximum Gasteiger partial charge on any atom is 0.490 e. The zero-order valence-electron chi connectivity index (χ0n) is 25.7. The summed E-state index contributed by atoms with van der Waals surface area (Å²) in [7, 11) is -1.38. The first kappa shape index (κ1) is 35.2. The lowest BCUT2D eigenvalue weighted by atomic mass is 9.94. The monoisotopic (exact) mass is 667 g/mol. The number of pyridine rings is 1. The van der Waals surface area contributed by atoms with Crippen molar-refractivity contribution >= 4 is 33.4 Å². The molecule has 1 saturated carbocycles. The van der Waals surface area contributed by atoms with Crippen LogP contribution in [0, 0.1) is 18.2 Å². The van der Waals surface area contributed by atoms with Gasteiger partial charge in [-0.1, -0.05) is 19.9 Å². The molecule has 3 aromatic rings. The summed E-state index contributed by atoms with van der Waals surface area (Å²) in [5.41, 5.74) is 1.08. The number of alkyl halides is 3. The molecule has 1 unspecified atom stereocenters. The number of carboxylic acid groups (broad SMARTS) is 1. The minimum Gasteiger partial charge on any atom is -0.475 e. The van der Waals surface area contributed by atoms with Crippen molar-refractivity contribution in [3.05, 3.63) is 63.8 Å². The van der Waals surface area contributed by atoms with Gasteiger partial charge in [-0.3, -0.25) is 13.8 Å². The number of aromatic nitrogens is 1. The Labute approximate surface area is 265 Å². The van der Waals surface area contributed by atoms with Crippen LogP contribution in [0.4, 0.5) is 17.6 Å². The first-order valence-corrected chi connectivity index (χ1v) is 16.0. The predicted molar refractivity (Wildman–Crippen MR) is 166 cm³/mol. The van der Waals surface area contributed by atoms with Crippen LogP contribution in [0.2, 0.25) is 0 Å². The van der Waals surface area contributed by atoms with Crippen molar-refractivity contribution in [2.75, 3.05) is 19.7 Å². The van der Waals surface area contributed by atoms with Gasteiger partial charge in [-0.15, -0.1) is 0 Å². The van der Waals surface area contributed by atoms with Gasteiger partial charge in [0.15, 0.2) is 0 Å². The number of carbonyl (C=O) groups excluding carboxylic acids is 1. The molecule has 1 aromatic heterocycles. The molecule has 0 radical (unpaired) electrons. The number of hydrogen-bond donors (Lipinski definition) is 4. The van der Waals surface area contributed by atoms with Crippen LogP contribution >= 0.6 is 0 Å². The Balaban J connectivity index is 0.000000617. The maximum absolute atomic E-state index is 15.0. The summed E-state index contributed by atoms with van der Waals surface area (Å²) in [6.45, 7) is 7.16. The highest BCUT2D eigenvalue weighted by Gasteiger charge is 2.38. The summed E-state index contributed by atoms with van der Waals surface area (Å²) >= 11 is 0. The fourth-order valence-electron chi connectivity index (χ4n) is 5.11. The topological polar surface area (TPSA) is 138 Å². The third-order valence-electron chi connectivity index (χ3n) is 7.95. The Morgan fingerprint density at radius 1 is 1.07 bits per heavy atom. The van der Waals surface area contributed by atoms with Crippen molar-refractivity contribution in [2.24, 2.45) is 5.41 Å². The van der Waals surface area contributed by atoms with Crippen molar-refractivity contribution in [2.45, 2.75) is 75.4 Å². The van der Waals surface area contributed by atoms with Gasteiger partial charge in [0, 0.05) is 52.4 Å². The third-order valence-corrected chi connectivity index (χ3v) is 9.79. The number of benzene rings is 2. The molecule has 4 N–H and O–H groups in total. The van der Waals surface area contributed by atoms with E-state index in [-0.39, 0.29) is 41.5 Å². The Hall–Kier alpha value is -3.62. The van der Waals surface area contributed by atoms with E-state index >= 15 is 4.39 Å². The number of piperidine rings is 1. The minimum atomic E-state index is -5.08. The van der Waals surface area contributed by atoms with Gasteiger partial charge in [0.05, 0.1) is 15.7 Å². The second kappa shape index (κ2) is 14.0. The SMILES string of the molecule is Cc1c(F)cc(C(=O)NC2CC2)cc1-c1ccc2c(=O)n(CC(C)(C)CO)cc(S(=O)C3CCNCC3)c2c1.O=C(O)C(F)(F)F. The summed E-state index contributed by atoms with van der Waals surface area (Å²) in [5, 5.41) is 24.1. The van der Waals surface area contributed by atoms with E-state index in [2.05, 4.69) is 10.6 Å². The van der Waals surface area contributed by atoms with Crippen molar-refractivity contribution in [3.8, 4) is 11.1 Å². The van der Waals surface area contributed by atoms with Gasteiger partial charge in [-0.25, -0.2) is 9.18 Å². The zero-order valence-corrected chi connectivity index (χ0v) is 26.5. The lowest BCUT2D eigenvalue weighted by molar-refractivity contribution is -0.192. The first-order valence-electron chi connectivity index (χ1n) is 14.8. The number of hydrogen-bond acceptors (Lipinski definition) is 6. The molecule has 250 valence electrons. The number of aliphatic hydroxyl groups excluding tert-OH is 1. The lowest BCUT2D eigenvalue weighted by Crippen LogP contribution is -2.34. The second-order valence-corrected chi connectivity index (χ2v) is 14.1. The standard InChI is InChI=1S/C30H36FN3O4S.C2HF3O2/c1-18-24(13-20(14-26(18)31)28(36)33-21-5-6-21)19-4-7-23-25(12-19)27(39(38)22-8-10-32-11-9-22)15-34(29(23)37)16-30(2,3)17-35;3-2(4,5)1(6)7/h4,7,12-15,21-22,32,35H,5-6,8-11,16-17H2,1-3H3,(H,33,36);(H,6,7). The number of rotatable bonds is 8. The smallest absolute Gasteiger partial charge is 0.475 e. The van der Waals surface area contributed by atoms with Gasteiger partial charge in [0.1, 0.15) is 5.82 Å². The van der Waals surface area contributed by atoms with Gasteiger partial charge in [0.25, 0.3) is 11.5 Å². The molecule has 46 heavy (non-hydrogen) atoms. The quantitative estimate of drug-likeness (QED) is 0.259. The molecule has 2 heterocycles. The van der Waals surface area contributed by atoms with Crippen LogP contribution in [0.5, 0.6) is 0 Å². The lowest BCUT2D eigenvalue weighted by Gasteiger charge is -2.26. The van der Waals surface area contributed by atoms with Gasteiger partial charge in [-0.2, -0.15) is 13.2 Å². The molecule has 0 spiro atoms. The van der Waals surface area contributed by atoms with Crippen molar-refractivity contribution in [1.82, 2.24) is 15.2 Å². The van der Waals surface area contributed by atoms with Crippen LogP contribution in [0.1, 0.15) is 55.5 Å². The molecule has 14 heteroatoms. The van der Waals surface area contributed by atoms with E-state index in [9.17, 15) is 32.1 Å². The predicted octanol–water partition coefficient (Wildman–Crippen LogP) is 4.52. The van der Waals surface area contributed by atoms with E-state index in [1.54, 1.807) is 42.0 Å². The van der Waals surface area contributed by atoms with E-state index in [0.717, 1.165) is 38.8 Å². The molecule has 1 saturated heterocycles. The van der Waals surface area contributed by atoms with Gasteiger partial charge >= 0.3 is 12.1 Å². The fourth-order valence-corrected chi connectivity index (χ4v) is 6.75. The highest BCUT2D eigenvalue weighted by Crippen LogP contribution is 2.33. The van der Waals surface area contributed by atoms with Crippen LogP contribution in [-0.4, -0.2) is 68.0 Å². The largest absolute Gasteiger partial charge is 0.490 e. The molecule has 1 atom stereocenters. The Kier molecular flexibility index (Phi) is 10.7. The van der Waals surface area contributed by atoms with Gasteiger partial charge in [0.2, 0.25) is 0 Å². The number of aliphatic carboxylic acids is 1. The van der Waals surface area contributed by atoms with Crippen LogP contribution in [0.15, 0.2) is 46.2 Å². The number of carboxylic acids is 1. The molecule has 1 aliphatic heterocycles. The number of carbonyl (C=O) groups is 2. The molecule has 5 rings (SSSR count). The van der Waals surface area contributed by atoms with Crippen molar-refractivity contribution in [1.29, 1.82) is 0 Å². The van der Waals surface area contributed by atoms with Crippen molar-refractivity contribution in [3.63, 3.8) is 0 Å². The zero-order chi connectivity index (χ0) is 34.0. The highest BCUT2D eigenvalue weighted by atomic mass is 32.2. The van der Waals surface area contributed by atoms with E-state index in [1.165, 1.54) is 6.07 Å². The van der Waals surface area contributed by atoms with Crippen LogP contribution in [0.25, 0.3) is 21.9 Å². The number of fused-ring (bicyclic) bond motifs is 1. The van der Waals surface area contributed by atoms with Crippen LogP contribution in [-0.2, 0) is 22.1 Å². The highest BCUT2D eigenvalue weighted by molar-refractivity contribution is 7.86. The average molecular weight is 668 g/mol. The molecule has 1 aliphatic carbocycles. The normalized spacial score (nSPS) is 16.4. The van der Waals surface area contributed by atoms with E-state index in [0.29, 0.717) is 32.4 Å². The van der Waals surface area contributed by atoms with Crippen LogP contribution in [0.3, 0.4) is 0 Å². The second-order valence-electron chi connectivity index (χ2n) is 12.4. The van der Waals surface area contributed by atoms with Gasteiger partial charge < -0.3 is 25.4 Å². The first-order chi connectivity index (χ1) is 21.5. The Bertz CT molecular complexity index is 1710. The summed E-state index contributed by atoms with van der Waals surface area (Å²) in [6.07, 6.45) is -0.0186. The molecular formula is C32H37F4N3O6S. The average Bonchev–Trinajstić information content (AvgIpc) is 3.83. The van der Waals surface area contributed by atoms with Crippen LogP contribution < -0.4 is 16.2 Å². The molecule has 2 aliphatic rings. The summed E-state index contributed by atoms with van der Waals surface area (Å²) < 4.78 is 62.2. The number of amides is 1. The Morgan fingerprint density at radius 3 is 2.26 bits per heavy atom. The summed E-state index contributed by atoms with van der Waals surface area (Å²) in [6, 6.07) is 8.36. The molecular weight excluding hydrogens is 630 g/mol. The maximum atomic E-state index is 15.0. The van der Waals surface area contributed by atoms with E-state index in [4.69, 9.17) is 9.90 Å². The number of nitrogens with zero attached hydrogens (tertiary/aromatic N) is 1. The van der Waals surface area contributed by atoms with E-state index in [1.807, 2.05) is 13.8 Å². The molecule has 9 nitrogen and oxygen atoms in total. The van der Waals surface area contributed by atoms with E-state index < -0.39 is 34.2 Å². The number of nitrogens with one attached hydrogen (secondary N) is 2. The number of halogens is 4. The van der Waals surface area contributed by atoms with Crippen molar-refractivity contribution < 1.29 is 41.6 Å². The van der Waals surface area contributed by atoms with Gasteiger partial charge in [-0.05, 0) is 86.7 Å². The summed E-state index contributed by atoms with van der Waals surface area (Å²) in [5.74, 6) is -3.54. The summed E-state index contributed by atoms with van der Waals surface area (Å²) in [4.78, 5) is 35.7. The fraction of sp³-hybridized carbons (Fsp3) is 0.469. The Morgan fingerprint density at radius 2 is 1.70 bits per heavy atom. The minimum absolute atomic E-state index is 0.0523. The molecule has 2 aromatic carbocycles.